The highest BCUT2D eigenvalue weighted by Gasteiger charge is 1.99. The van der Waals surface area contributed by atoms with Gasteiger partial charge < -0.3 is 15.9 Å². The molecule has 1 rings (SSSR count). The number of nitrogens with zero attached hydrogens (tertiary/aromatic N) is 2. The van der Waals surface area contributed by atoms with E-state index < -0.39 is 0 Å². The fourth-order valence-electron chi connectivity index (χ4n) is 0.570. The van der Waals surface area contributed by atoms with Gasteiger partial charge >= 0.3 is 6.01 Å². The van der Waals surface area contributed by atoms with Crippen molar-refractivity contribution in [2.45, 2.75) is 0 Å². The van der Waals surface area contributed by atoms with Gasteiger partial charge in [0, 0.05) is 18.6 Å². The quantitative estimate of drug-likeness (QED) is 0.614. The average molecular weight is 243 g/mol. The number of ether oxygens (including phenoxy) is 1. The summed E-state index contributed by atoms with van der Waals surface area (Å²) in [6.07, 6.45) is 5.23. The first-order valence-electron chi connectivity index (χ1n) is 3.34. The van der Waals surface area contributed by atoms with Crippen molar-refractivity contribution in [3.05, 3.63) is 28.8 Å². The predicted octanol–water partition coefficient (Wildman–Crippen LogP) is 1.07. The van der Waals surface area contributed by atoms with Crippen LogP contribution in [0.3, 0.4) is 0 Å². The third-order valence-corrected chi connectivity index (χ3v) is 1.52. The summed E-state index contributed by atoms with van der Waals surface area (Å²) in [4.78, 5) is 7.67. The van der Waals surface area contributed by atoms with E-state index in [9.17, 15) is 0 Å². The molecule has 0 saturated carbocycles. The van der Waals surface area contributed by atoms with E-state index in [1.165, 1.54) is 6.20 Å². The second-order valence-electron chi connectivity index (χ2n) is 2.00. The van der Waals surface area contributed by atoms with E-state index in [1.807, 2.05) is 0 Å². The van der Waals surface area contributed by atoms with Crippen molar-refractivity contribution in [2.75, 3.05) is 0 Å². The summed E-state index contributed by atoms with van der Waals surface area (Å²) in [7, 11) is 0. The highest BCUT2D eigenvalue weighted by atomic mass is 79.9. The molecule has 13 heavy (non-hydrogen) atoms. The van der Waals surface area contributed by atoms with Gasteiger partial charge in [0.1, 0.15) is 0 Å². The lowest BCUT2D eigenvalue weighted by atomic mass is 10.6. The monoisotopic (exact) mass is 242 g/mol. The molecule has 3 N–H and O–H groups in total. The normalized spacial score (nSPS) is 11.0. The number of halogens is 1. The molecule has 0 saturated heterocycles. The number of rotatable bonds is 3. The van der Waals surface area contributed by atoms with Crippen LogP contribution in [-0.2, 0) is 0 Å². The zero-order chi connectivity index (χ0) is 9.68. The maximum Gasteiger partial charge on any atom is 0.322 e. The van der Waals surface area contributed by atoms with Crippen LogP contribution in [0.25, 0.3) is 0 Å². The Morgan fingerprint density at radius 3 is 2.62 bits per heavy atom. The summed E-state index contributed by atoms with van der Waals surface area (Å²) in [6.45, 7) is 0. The Hall–Kier alpha value is -1.43. The number of hydrogen-bond acceptors (Lipinski definition) is 5. The Morgan fingerprint density at radius 2 is 2.15 bits per heavy atom. The fourth-order valence-corrected chi connectivity index (χ4v) is 0.775. The maximum atomic E-state index is 6.89. The first kappa shape index (κ1) is 9.66. The number of allylic oxidation sites excluding steroid dienone is 1. The summed E-state index contributed by atoms with van der Waals surface area (Å²) in [5, 5.41) is 6.89. The third-order valence-electron chi connectivity index (χ3n) is 1.11. The first-order chi connectivity index (χ1) is 6.26. The second kappa shape index (κ2) is 4.56. The molecule has 0 aliphatic rings. The molecule has 0 radical (unpaired) electrons. The number of aromatic nitrogens is 2. The van der Waals surface area contributed by atoms with Crippen LogP contribution >= 0.6 is 15.9 Å². The van der Waals surface area contributed by atoms with Crippen LogP contribution in [0.5, 0.6) is 6.01 Å². The lowest BCUT2D eigenvalue weighted by molar-refractivity contribution is 0.416. The molecule has 1 aromatic rings. The largest absolute Gasteiger partial charge is 0.421 e. The van der Waals surface area contributed by atoms with Crippen LogP contribution in [0.15, 0.2) is 28.8 Å². The molecular formula is C7H7BrN4O. The molecule has 0 spiro atoms. The van der Waals surface area contributed by atoms with E-state index in [4.69, 9.17) is 15.9 Å². The molecule has 0 unspecified atom stereocenters. The summed E-state index contributed by atoms with van der Waals surface area (Å²) in [5.41, 5.74) is 5.16. The van der Waals surface area contributed by atoms with Gasteiger partial charge in [0.25, 0.3) is 0 Å². The topological polar surface area (TPSA) is 84.9 Å². The summed E-state index contributed by atoms with van der Waals surface area (Å²) >= 11 is 3.18. The molecule has 5 nitrogen and oxygen atoms in total. The number of nitrogens with two attached hydrogens (primary N) is 1. The van der Waals surface area contributed by atoms with Crippen LogP contribution in [0.4, 0.5) is 0 Å². The minimum absolute atomic E-state index is 0.156. The van der Waals surface area contributed by atoms with Gasteiger partial charge in [-0.25, -0.2) is 9.97 Å². The zero-order valence-electron chi connectivity index (χ0n) is 6.57. The molecule has 0 aromatic carbocycles. The van der Waals surface area contributed by atoms with E-state index in [0.29, 0.717) is 0 Å². The SMILES string of the molecule is N=C/C(=C\N)Oc1ncc(Br)cn1. The van der Waals surface area contributed by atoms with Crippen molar-refractivity contribution in [1.82, 2.24) is 9.97 Å². The molecule has 1 aromatic heterocycles. The molecule has 1 heterocycles. The highest BCUT2D eigenvalue weighted by molar-refractivity contribution is 9.10. The lowest BCUT2D eigenvalue weighted by Crippen LogP contribution is -2.02. The molecule has 0 bridgehead atoms. The maximum absolute atomic E-state index is 6.89. The molecular weight excluding hydrogens is 236 g/mol. The Morgan fingerprint density at radius 1 is 1.54 bits per heavy atom. The van der Waals surface area contributed by atoms with Crippen LogP contribution in [0, 0.1) is 5.41 Å². The average Bonchev–Trinajstić information content (AvgIpc) is 2.17. The summed E-state index contributed by atoms with van der Waals surface area (Å²) in [6, 6.07) is 0.156. The third kappa shape index (κ3) is 2.83. The van der Waals surface area contributed by atoms with Crippen LogP contribution in [-0.4, -0.2) is 16.2 Å². The van der Waals surface area contributed by atoms with Crippen molar-refractivity contribution in [3.63, 3.8) is 0 Å². The first-order valence-corrected chi connectivity index (χ1v) is 4.13. The summed E-state index contributed by atoms with van der Waals surface area (Å²) < 4.78 is 5.78. The Labute approximate surface area is 83.3 Å². The Kier molecular flexibility index (Phi) is 3.39. The van der Waals surface area contributed by atoms with Gasteiger partial charge in [-0.3, -0.25) is 0 Å². The number of nitrogens with one attached hydrogen (secondary N) is 1. The molecule has 0 amide bonds. The predicted molar refractivity (Wildman–Crippen MR) is 51.4 cm³/mol. The second-order valence-corrected chi connectivity index (χ2v) is 2.91. The van der Waals surface area contributed by atoms with Gasteiger partial charge in [-0.15, -0.1) is 0 Å². The zero-order valence-corrected chi connectivity index (χ0v) is 8.15. The highest BCUT2D eigenvalue weighted by Crippen LogP contribution is 2.09. The van der Waals surface area contributed by atoms with E-state index in [-0.39, 0.29) is 11.8 Å². The molecule has 0 fully saturated rings. The molecule has 0 atom stereocenters. The van der Waals surface area contributed by atoms with Crippen LogP contribution in [0.2, 0.25) is 0 Å². The minimum Gasteiger partial charge on any atom is -0.421 e. The van der Waals surface area contributed by atoms with E-state index in [1.54, 1.807) is 12.4 Å². The van der Waals surface area contributed by atoms with Gasteiger partial charge in [0.15, 0.2) is 5.76 Å². The van der Waals surface area contributed by atoms with E-state index >= 15 is 0 Å². The van der Waals surface area contributed by atoms with Crippen molar-refractivity contribution < 1.29 is 4.74 Å². The van der Waals surface area contributed by atoms with Gasteiger partial charge in [-0.05, 0) is 15.9 Å². The molecule has 68 valence electrons. The van der Waals surface area contributed by atoms with Crippen LogP contribution < -0.4 is 10.5 Å². The van der Waals surface area contributed by atoms with Crippen molar-refractivity contribution in [2.24, 2.45) is 5.73 Å². The molecule has 0 aliphatic heterocycles. The summed E-state index contributed by atoms with van der Waals surface area (Å²) in [5.74, 6) is 0.197. The Balaban J connectivity index is 2.74. The number of hydrogen-bond donors (Lipinski definition) is 2. The van der Waals surface area contributed by atoms with Gasteiger partial charge in [-0.1, -0.05) is 0 Å². The molecule has 6 heteroatoms. The van der Waals surface area contributed by atoms with Crippen molar-refractivity contribution in [3.8, 4) is 6.01 Å². The van der Waals surface area contributed by atoms with E-state index in [2.05, 4.69) is 25.9 Å². The van der Waals surface area contributed by atoms with Gasteiger partial charge in [0.05, 0.1) is 10.7 Å². The molecule has 0 aliphatic carbocycles. The smallest absolute Gasteiger partial charge is 0.322 e. The van der Waals surface area contributed by atoms with Gasteiger partial charge in [-0.2, -0.15) is 0 Å². The fraction of sp³-hybridized carbons (Fsp3) is 0. The van der Waals surface area contributed by atoms with Crippen LogP contribution in [0.1, 0.15) is 0 Å². The lowest BCUT2D eigenvalue weighted by Gasteiger charge is -2.01. The Bertz CT molecular complexity index is 322. The van der Waals surface area contributed by atoms with E-state index in [0.717, 1.165) is 10.7 Å². The van der Waals surface area contributed by atoms with Crippen molar-refractivity contribution in [1.29, 1.82) is 5.41 Å². The standard InChI is InChI=1S/C7H7BrN4O/c8-5-3-11-7(12-4-5)13-6(1-9)2-10/h1-4,9H,10H2/b6-2+,9-1?. The van der Waals surface area contributed by atoms with Crippen molar-refractivity contribution >= 4 is 22.1 Å². The van der Waals surface area contributed by atoms with Gasteiger partial charge in [0.2, 0.25) is 0 Å². The minimum atomic E-state index is 0.156.